The fraction of sp³-hybridized carbons (Fsp3) is 0.409. The summed E-state index contributed by atoms with van der Waals surface area (Å²) in [6, 6.07) is 8.77. The number of fused-ring (bicyclic) bond motifs is 5. The number of nitrogens with zero attached hydrogens (tertiary/aromatic N) is 1. The number of hydrogen-bond acceptors (Lipinski definition) is 4. The van der Waals surface area contributed by atoms with Gasteiger partial charge in [-0.2, -0.15) is 0 Å². The minimum absolute atomic E-state index is 0.000937. The van der Waals surface area contributed by atoms with E-state index in [1.165, 1.54) is 34.8 Å². The molecular weight excluding hydrogens is 340 g/mol. The molecule has 5 heteroatoms. The lowest BCUT2D eigenvalue weighted by atomic mass is 9.78. The Hall–Kier alpha value is -2.53. The summed E-state index contributed by atoms with van der Waals surface area (Å²) >= 11 is 0. The first-order valence-corrected chi connectivity index (χ1v) is 9.47. The monoisotopic (exact) mass is 366 g/mol. The van der Waals surface area contributed by atoms with E-state index in [-0.39, 0.29) is 17.9 Å². The number of rotatable bonds is 3. The molecule has 4 rings (SSSR count). The van der Waals surface area contributed by atoms with Gasteiger partial charge in [-0.15, -0.1) is 0 Å². The van der Waals surface area contributed by atoms with Gasteiger partial charge in [0.25, 0.3) is 0 Å². The number of hydrogen-bond donors (Lipinski definition) is 1. The molecule has 0 unspecified atom stereocenters. The van der Waals surface area contributed by atoms with Crippen LogP contribution in [0.15, 0.2) is 47.7 Å². The number of benzene rings is 1. The molecular formula is C22H26N2O3. The predicted molar refractivity (Wildman–Crippen MR) is 105 cm³/mol. The van der Waals surface area contributed by atoms with Crippen molar-refractivity contribution in [1.29, 1.82) is 0 Å². The molecule has 0 saturated carbocycles. The lowest BCUT2D eigenvalue weighted by Crippen LogP contribution is -2.43. The van der Waals surface area contributed by atoms with Crippen molar-refractivity contribution in [2.24, 2.45) is 5.92 Å². The van der Waals surface area contributed by atoms with Gasteiger partial charge in [0.15, 0.2) is 0 Å². The van der Waals surface area contributed by atoms with E-state index in [4.69, 9.17) is 9.47 Å². The highest BCUT2D eigenvalue weighted by molar-refractivity contribution is 5.89. The van der Waals surface area contributed by atoms with Crippen molar-refractivity contribution in [1.82, 2.24) is 9.88 Å². The Labute approximate surface area is 159 Å². The van der Waals surface area contributed by atoms with Crippen molar-refractivity contribution in [3.05, 3.63) is 59.0 Å². The number of piperidine rings is 1. The van der Waals surface area contributed by atoms with Gasteiger partial charge in [0.1, 0.15) is 0 Å². The largest absolute Gasteiger partial charge is 0.504 e. The van der Waals surface area contributed by atoms with E-state index in [0.29, 0.717) is 5.57 Å². The normalized spacial score (nSPS) is 24.6. The van der Waals surface area contributed by atoms with Crippen LogP contribution in [0.25, 0.3) is 10.9 Å². The molecule has 2 aromatic rings. The number of ether oxygens (including phenoxy) is 2. The van der Waals surface area contributed by atoms with Crippen LogP contribution in [0, 0.1) is 5.92 Å². The summed E-state index contributed by atoms with van der Waals surface area (Å²) in [5, 5.41) is 1.32. The molecule has 0 radical (unpaired) electrons. The molecule has 1 aromatic carbocycles. The lowest BCUT2D eigenvalue weighted by molar-refractivity contribution is -0.137. The summed E-state index contributed by atoms with van der Waals surface area (Å²) in [4.78, 5) is 18.6. The topological polar surface area (TPSA) is 54.6 Å². The van der Waals surface area contributed by atoms with Crippen LogP contribution >= 0.6 is 0 Å². The van der Waals surface area contributed by atoms with Crippen molar-refractivity contribution in [3.8, 4) is 0 Å². The lowest BCUT2D eigenvalue weighted by Gasteiger charge is -2.44. The molecule has 3 heterocycles. The van der Waals surface area contributed by atoms with E-state index in [9.17, 15) is 4.79 Å². The van der Waals surface area contributed by atoms with Crippen LogP contribution in [0.1, 0.15) is 30.6 Å². The Balaban J connectivity index is 1.75. The predicted octanol–water partition coefficient (Wildman–Crippen LogP) is 3.74. The number of methoxy groups -OCH3 is 2. The molecule has 0 bridgehead atoms. The van der Waals surface area contributed by atoms with E-state index in [1.807, 2.05) is 6.92 Å². The molecule has 0 spiro atoms. The van der Waals surface area contributed by atoms with Gasteiger partial charge < -0.3 is 14.5 Å². The smallest absolute Gasteiger partial charge is 0.337 e. The zero-order valence-electron chi connectivity index (χ0n) is 16.1. The second kappa shape index (κ2) is 7.24. The van der Waals surface area contributed by atoms with Crippen LogP contribution in [-0.4, -0.2) is 43.2 Å². The minimum Gasteiger partial charge on any atom is -0.504 e. The summed E-state index contributed by atoms with van der Waals surface area (Å²) < 4.78 is 10.2. The Morgan fingerprint density at radius 2 is 2.11 bits per heavy atom. The van der Waals surface area contributed by atoms with Crippen molar-refractivity contribution < 1.29 is 14.3 Å². The number of esters is 1. The quantitative estimate of drug-likeness (QED) is 0.389. The number of carbonyl (C=O) groups excluding carboxylic acids is 1. The summed E-state index contributed by atoms with van der Waals surface area (Å²) in [5.41, 5.74) is 5.75. The zero-order chi connectivity index (χ0) is 19.0. The van der Waals surface area contributed by atoms with E-state index in [2.05, 4.69) is 40.2 Å². The van der Waals surface area contributed by atoms with Gasteiger partial charge in [-0.3, -0.25) is 4.90 Å². The van der Waals surface area contributed by atoms with Gasteiger partial charge in [-0.05, 0) is 31.4 Å². The molecule has 0 aliphatic carbocycles. The first kappa shape index (κ1) is 17.9. The molecule has 142 valence electrons. The van der Waals surface area contributed by atoms with E-state index in [0.717, 1.165) is 25.9 Å². The molecule has 2 aliphatic heterocycles. The van der Waals surface area contributed by atoms with Crippen LogP contribution in [0.4, 0.5) is 0 Å². The number of allylic oxidation sites excluding steroid dienone is 1. The van der Waals surface area contributed by atoms with Crippen molar-refractivity contribution in [3.63, 3.8) is 0 Å². The molecule has 0 amide bonds. The van der Waals surface area contributed by atoms with Gasteiger partial charge in [0.2, 0.25) is 0 Å². The van der Waals surface area contributed by atoms with Gasteiger partial charge in [0, 0.05) is 35.6 Å². The summed E-state index contributed by atoms with van der Waals surface area (Å²) in [6.07, 6.45) is 5.57. The van der Waals surface area contributed by atoms with E-state index < -0.39 is 0 Å². The Morgan fingerprint density at radius 3 is 2.85 bits per heavy atom. The molecule has 5 nitrogen and oxygen atoms in total. The van der Waals surface area contributed by atoms with Gasteiger partial charge in [-0.1, -0.05) is 29.8 Å². The Morgan fingerprint density at radius 1 is 1.30 bits per heavy atom. The Kier molecular flexibility index (Phi) is 4.79. The molecule has 1 N–H and O–H groups in total. The summed E-state index contributed by atoms with van der Waals surface area (Å²) in [5.74, 6) is -0.316. The maximum absolute atomic E-state index is 12.4. The maximum Gasteiger partial charge on any atom is 0.337 e. The van der Waals surface area contributed by atoms with Crippen LogP contribution in [0.2, 0.25) is 0 Å². The average Bonchev–Trinajstić information content (AvgIpc) is 3.09. The van der Waals surface area contributed by atoms with Crippen LogP contribution in [0.5, 0.6) is 0 Å². The van der Waals surface area contributed by atoms with Crippen molar-refractivity contribution in [2.75, 3.05) is 27.3 Å². The van der Waals surface area contributed by atoms with E-state index in [1.54, 1.807) is 13.4 Å². The number of carbonyl (C=O) groups is 1. The van der Waals surface area contributed by atoms with E-state index >= 15 is 0 Å². The standard InChI is InChI=1S/C22H26N2O3/c1-4-14-12-24-10-9-16-15-7-5-6-8-19(15)23-21(16)20(24)11-17(14)18(13-26-2)22(25)27-3/h4-8,13,17,20,23H,9-12H2,1-3H3/t17-,20-/m0/s1. The molecule has 2 atom stereocenters. The van der Waals surface area contributed by atoms with Crippen LogP contribution in [-0.2, 0) is 20.7 Å². The highest BCUT2D eigenvalue weighted by atomic mass is 16.5. The third-order valence-electron chi connectivity index (χ3n) is 5.97. The van der Waals surface area contributed by atoms with Gasteiger partial charge in [0.05, 0.1) is 32.1 Å². The third-order valence-corrected chi connectivity index (χ3v) is 5.97. The molecule has 1 aromatic heterocycles. The van der Waals surface area contributed by atoms with Crippen molar-refractivity contribution >= 4 is 16.9 Å². The maximum atomic E-state index is 12.4. The number of nitrogens with one attached hydrogen (secondary N) is 1. The molecule has 27 heavy (non-hydrogen) atoms. The highest BCUT2D eigenvalue weighted by Crippen LogP contribution is 2.44. The zero-order valence-corrected chi connectivity index (χ0v) is 16.1. The third kappa shape index (κ3) is 2.96. The summed E-state index contributed by atoms with van der Waals surface area (Å²) in [6.45, 7) is 3.94. The fourth-order valence-electron chi connectivity index (χ4n) is 4.68. The summed E-state index contributed by atoms with van der Waals surface area (Å²) in [7, 11) is 3.00. The molecule has 1 fully saturated rings. The number of H-pyrrole nitrogens is 1. The SMILES string of the molecule is CC=C1CN2CCc3c([nH]c4ccccc34)[C@@H]2C[C@@H]1C(=COC)C(=O)OC. The second-order valence-corrected chi connectivity index (χ2v) is 7.25. The fourth-order valence-corrected chi connectivity index (χ4v) is 4.68. The average molecular weight is 366 g/mol. The second-order valence-electron chi connectivity index (χ2n) is 7.25. The van der Waals surface area contributed by atoms with Gasteiger partial charge >= 0.3 is 5.97 Å². The number of aromatic nitrogens is 1. The number of aromatic amines is 1. The first-order valence-electron chi connectivity index (χ1n) is 9.47. The molecule has 1 saturated heterocycles. The first-order chi connectivity index (χ1) is 13.2. The minimum atomic E-state index is -0.317. The van der Waals surface area contributed by atoms with Crippen molar-refractivity contribution in [2.45, 2.75) is 25.8 Å². The highest BCUT2D eigenvalue weighted by Gasteiger charge is 2.40. The van der Waals surface area contributed by atoms with Crippen LogP contribution in [0.3, 0.4) is 0 Å². The Bertz CT molecular complexity index is 925. The van der Waals surface area contributed by atoms with Gasteiger partial charge in [-0.25, -0.2) is 4.79 Å². The number of para-hydroxylation sites is 1. The molecule has 2 aliphatic rings. The van der Waals surface area contributed by atoms with Crippen LogP contribution < -0.4 is 0 Å².